The number of ether oxygens (including phenoxy) is 2. The molecule has 38 heavy (non-hydrogen) atoms. The van der Waals surface area contributed by atoms with Crippen LogP contribution in [0.4, 0.5) is 28.4 Å². The van der Waals surface area contributed by atoms with Crippen molar-refractivity contribution in [3.63, 3.8) is 0 Å². The van der Waals surface area contributed by atoms with Gasteiger partial charge in [0.25, 0.3) is 11.4 Å². The molecule has 0 atom stereocenters. The molecule has 1 fully saturated rings. The summed E-state index contributed by atoms with van der Waals surface area (Å²) in [6, 6.07) is 4.99. The van der Waals surface area contributed by atoms with Crippen molar-refractivity contribution in [2.45, 2.75) is 0 Å². The average molecular weight is 530 g/mol. The number of morpholine rings is 1. The summed E-state index contributed by atoms with van der Waals surface area (Å²) in [6.07, 6.45) is 3.31. The Balaban J connectivity index is 1.78. The number of carbonyl (C=O) groups is 2. The lowest BCUT2D eigenvalue weighted by atomic mass is 10.1. The lowest BCUT2D eigenvalue weighted by Gasteiger charge is -2.30. The summed E-state index contributed by atoms with van der Waals surface area (Å²) < 4.78 is 10.5. The highest BCUT2D eigenvalue weighted by Gasteiger charge is 2.25. The maximum Gasteiger partial charge on any atom is 0.296 e. The van der Waals surface area contributed by atoms with E-state index in [9.17, 15) is 29.8 Å². The van der Waals surface area contributed by atoms with Gasteiger partial charge in [-0.1, -0.05) is 12.2 Å². The van der Waals surface area contributed by atoms with Gasteiger partial charge in [0.05, 0.1) is 35.9 Å². The maximum atomic E-state index is 11.8. The third-order valence-corrected chi connectivity index (χ3v) is 5.67. The van der Waals surface area contributed by atoms with E-state index >= 15 is 0 Å². The maximum absolute atomic E-state index is 11.8. The molecular formula is C23H27N7O8. The SMILES string of the molecule is COc1cc(C(N)=O)cc([N+](=O)[O-])c1NCC=CCNc1c(N2CCOCC2)cc(C(N)=O)cc1[N+](=O)[O-]. The number of nitrogens with one attached hydrogen (secondary N) is 2. The van der Waals surface area contributed by atoms with Gasteiger partial charge in [-0.05, 0) is 12.1 Å². The predicted octanol–water partition coefficient (Wildman–Crippen LogP) is 1.63. The number of nitrogens with zero attached hydrogens (tertiary/aromatic N) is 3. The molecule has 0 saturated carbocycles. The number of methoxy groups -OCH3 is 1. The van der Waals surface area contributed by atoms with Crippen molar-refractivity contribution in [2.75, 3.05) is 62.0 Å². The Labute approximate surface area is 216 Å². The molecule has 6 N–H and O–H groups in total. The van der Waals surface area contributed by atoms with Gasteiger partial charge in [-0.3, -0.25) is 29.8 Å². The molecule has 0 aliphatic carbocycles. The summed E-state index contributed by atoms with van der Waals surface area (Å²) in [5, 5.41) is 29.2. The average Bonchev–Trinajstić information content (AvgIpc) is 2.90. The number of hydrogen-bond acceptors (Lipinski definition) is 11. The molecule has 1 heterocycles. The molecule has 2 aromatic rings. The van der Waals surface area contributed by atoms with E-state index in [0.717, 1.165) is 12.1 Å². The van der Waals surface area contributed by atoms with Crippen LogP contribution in [0.3, 0.4) is 0 Å². The van der Waals surface area contributed by atoms with Gasteiger partial charge in [0, 0.05) is 49.4 Å². The summed E-state index contributed by atoms with van der Waals surface area (Å²) in [5.41, 5.74) is 10.6. The number of nitrogens with two attached hydrogens (primary N) is 2. The van der Waals surface area contributed by atoms with Gasteiger partial charge in [-0.2, -0.15) is 0 Å². The molecule has 0 unspecified atom stereocenters. The van der Waals surface area contributed by atoms with Gasteiger partial charge in [-0.25, -0.2) is 0 Å². The van der Waals surface area contributed by atoms with E-state index in [2.05, 4.69) is 10.6 Å². The third kappa shape index (κ3) is 6.44. The topological polar surface area (TPSA) is 218 Å². The summed E-state index contributed by atoms with van der Waals surface area (Å²) in [5.74, 6) is -1.55. The van der Waals surface area contributed by atoms with Gasteiger partial charge in [0.15, 0.2) is 5.69 Å². The molecule has 2 amide bonds. The number of rotatable bonds is 12. The van der Waals surface area contributed by atoms with E-state index in [1.807, 2.05) is 4.90 Å². The van der Waals surface area contributed by atoms with Crippen LogP contribution in [0.2, 0.25) is 0 Å². The van der Waals surface area contributed by atoms with Crippen molar-refractivity contribution in [3.8, 4) is 5.75 Å². The highest BCUT2D eigenvalue weighted by molar-refractivity contribution is 5.98. The number of nitro benzene ring substituents is 2. The highest BCUT2D eigenvalue weighted by atomic mass is 16.6. The van der Waals surface area contributed by atoms with E-state index in [1.54, 1.807) is 12.2 Å². The first kappa shape index (κ1) is 27.7. The fourth-order valence-corrected chi connectivity index (χ4v) is 3.85. The fourth-order valence-electron chi connectivity index (χ4n) is 3.85. The molecule has 0 aromatic heterocycles. The smallest absolute Gasteiger partial charge is 0.296 e. The quantitative estimate of drug-likeness (QED) is 0.176. The number of benzene rings is 2. The van der Waals surface area contributed by atoms with Gasteiger partial charge < -0.3 is 36.5 Å². The Morgan fingerprint density at radius 2 is 1.45 bits per heavy atom. The molecule has 0 radical (unpaired) electrons. The van der Waals surface area contributed by atoms with Crippen LogP contribution in [0.25, 0.3) is 0 Å². The van der Waals surface area contributed by atoms with Crippen molar-refractivity contribution in [2.24, 2.45) is 11.5 Å². The minimum Gasteiger partial charge on any atom is -0.494 e. The van der Waals surface area contributed by atoms with Crippen molar-refractivity contribution < 1.29 is 28.9 Å². The minimum absolute atomic E-state index is 0.0152. The van der Waals surface area contributed by atoms with E-state index in [-0.39, 0.29) is 52.7 Å². The molecular weight excluding hydrogens is 502 g/mol. The van der Waals surface area contributed by atoms with Crippen molar-refractivity contribution >= 4 is 40.3 Å². The van der Waals surface area contributed by atoms with Crippen LogP contribution in [-0.2, 0) is 4.74 Å². The number of anilines is 3. The zero-order valence-electron chi connectivity index (χ0n) is 20.5. The van der Waals surface area contributed by atoms with E-state index in [1.165, 1.54) is 19.2 Å². The highest BCUT2D eigenvalue weighted by Crippen LogP contribution is 2.37. The summed E-state index contributed by atoms with van der Waals surface area (Å²) in [4.78, 5) is 47.2. The second kappa shape index (κ2) is 12.4. The summed E-state index contributed by atoms with van der Waals surface area (Å²) >= 11 is 0. The molecule has 1 aliphatic heterocycles. The van der Waals surface area contributed by atoms with Crippen LogP contribution in [0.1, 0.15) is 20.7 Å². The van der Waals surface area contributed by atoms with Crippen molar-refractivity contribution in [3.05, 3.63) is 67.8 Å². The lowest BCUT2D eigenvalue weighted by Crippen LogP contribution is -2.37. The first-order chi connectivity index (χ1) is 18.1. The van der Waals surface area contributed by atoms with E-state index < -0.39 is 21.7 Å². The molecule has 15 heteroatoms. The van der Waals surface area contributed by atoms with Gasteiger partial charge in [0.1, 0.15) is 11.4 Å². The van der Waals surface area contributed by atoms with Crippen molar-refractivity contribution in [1.82, 2.24) is 0 Å². The van der Waals surface area contributed by atoms with Crippen LogP contribution in [0.15, 0.2) is 36.4 Å². The van der Waals surface area contributed by atoms with Crippen LogP contribution in [0.5, 0.6) is 5.75 Å². The Hall–Kier alpha value is -4.92. The fraction of sp³-hybridized carbons (Fsp3) is 0.304. The van der Waals surface area contributed by atoms with Crippen LogP contribution >= 0.6 is 0 Å². The number of primary amides is 2. The minimum atomic E-state index is -0.835. The predicted molar refractivity (Wildman–Crippen MR) is 139 cm³/mol. The van der Waals surface area contributed by atoms with Crippen molar-refractivity contribution in [1.29, 1.82) is 0 Å². The number of hydrogen-bond donors (Lipinski definition) is 4. The van der Waals surface area contributed by atoms with E-state index in [4.69, 9.17) is 20.9 Å². The second-order valence-corrected chi connectivity index (χ2v) is 8.04. The van der Waals surface area contributed by atoms with Gasteiger partial charge >= 0.3 is 0 Å². The number of nitro groups is 2. The Morgan fingerprint density at radius 1 is 0.947 bits per heavy atom. The van der Waals surface area contributed by atoms with E-state index in [0.29, 0.717) is 32.0 Å². The number of amides is 2. The summed E-state index contributed by atoms with van der Waals surface area (Å²) in [6.45, 7) is 2.10. The standard InChI is InChI=1S/C23H27N7O8/c1-37-19-13-15(23(25)32)12-18(30(35)36)21(19)27-5-3-2-4-26-20-16(28-6-8-38-9-7-28)10-14(22(24)31)11-17(20)29(33)34/h2-3,10-13,26-27H,4-9H2,1H3,(H2,24,31)(H2,25,32). The molecule has 0 spiro atoms. The Bertz CT molecular complexity index is 1270. The van der Waals surface area contributed by atoms with Crippen LogP contribution in [0, 0.1) is 20.2 Å². The molecule has 1 aliphatic rings. The Kier molecular flexibility index (Phi) is 8.99. The number of carbonyl (C=O) groups excluding carboxylic acids is 2. The molecule has 2 aromatic carbocycles. The monoisotopic (exact) mass is 529 g/mol. The van der Waals surface area contributed by atoms with Gasteiger partial charge in [0.2, 0.25) is 11.8 Å². The molecule has 1 saturated heterocycles. The largest absolute Gasteiger partial charge is 0.494 e. The molecule has 202 valence electrons. The normalized spacial score (nSPS) is 13.2. The zero-order chi connectivity index (χ0) is 27.8. The van der Waals surface area contributed by atoms with Crippen LogP contribution in [-0.4, -0.2) is 68.2 Å². The zero-order valence-corrected chi connectivity index (χ0v) is 20.5. The third-order valence-electron chi connectivity index (χ3n) is 5.67. The van der Waals surface area contributed by atoms with Gasteiger partial charge in [-0.15, -0.1) is 0 Å². The molecule has 15 nitrogen and oxygen atoms in total. The van der Waals surface area contributed by atoms with Crippen LogP contribution < -0.4 is 31.7 Å². The first-order valence-corrected chi connectivity index (χ1v) is 11.4. The summed E-state index contributed by atoms with van der Waals surface area (Å²) in [7, 11) is 1.30. The molecule has 3 rings (SSSR count). The Morgan fingerprint density at radius 3 is 1.95 bits per heavy atom. The molecule has 0 bridgehead atoms. The second-order valence-electron chi connectivity index (χ2n) is 8.04. The lowest BCUT2D eigenvalue weighted by molar-refractivity contribution is -0.384. The first-order valence-electron chi connectivity index (χ1n) is 11.4.